The minimum absolute atomic E-state index is 0.0490. The summed E-state index contributed by atoms with van der Waals surface area (Å²) in [5, 5.41) is 0. The van der Waals surface area contributed by atoms with Crippen LogP contribution < -0.4 is 17.2 Å². The van der Waals surface area contributed by atoms with Crippen molar-refractivity contribution in [1.29, 1.82) is 0 Å². The maximum absolute atomic E-state index is 12.3. The second-order valence-corrected chi connectivity index (χ2v) is 13.9. The molecule has 284 valence electrons. The molecule has 3 saturated heterocycles. The molecule has 3 aliphatic heterocycles. The van der Waals surface area contributed by atoms with Gasteiger partial charge in [-0.05, 0) is 113 Å². The Morgan fingerprint density at radius 3 is 1.37 bits per heavy atom. The molecule has 0 bridgehead atoms. The van der Waals surface area contributed by atoms with E-state index >= 15 is 0 Å². The smallest absolute Gasteiger partial charge is 0.254 e. The first-order chi connectivity index (χ1) is 25.0. The van der Waals surface area contributed by atoms with Crippen molar-refractivity contribution in [1.82, 2.24) is 14.7 Å². The van der Waals surface area contributed by atoms with Gasteiger partial charge in [-0.1, -0.05) is 25.7 Å². The third-order valence-electron chi connectivity index (χ3n) is 9.72. The number of hydrogen-bond acceptors (Lipinski definition) is 6. The van der Waals surface area contributed by atoms with E-state index in [1.807, 2.05) is 21.6 Å². The van der Waals surface area contributed by atoms with Crippen molar-refractivity contribution in [2.24, 2.45) is 17.2 Å². The highest BCUT2D eigenvalue weighted by molar-refractivity contribution is 5.99. The Balaban J connectivity index is 0.000000211. The number of nitrogens with two attached hydrogens (primary N) is 3. The summed E-state index contributed by atoms with van der Waals surface area (Å²) in [6, 6.07) is 11.6. The molecule has 0 aromatic heterocycles. The van der Waals surface area contributed by atoms with E-state index in [-0.39, 0.29) is 23.6 Å². The van der Waals surface area contributed by atoms with Crippen LogP contribution in [0.2, 0.25) is 0 Å². The molecule has 3 heterocycles. The number of rotatable bonds is 9. The van der Waals surface area contributed by atoms with E-state index in [0.717, 1.165) is 96.2 Å². The zero-order chi connectivity index (χ0) is 37.9. The van der Waals surface area contributed by atoms with Crippen molar-refractivity contribution >= 4 is 35.4 Å². The van der Waals surface area contributed by atoms with Gasteiger partial charge in [0, 0.05) is 74.4 Å². The van der Waals surface area contributed by atoms with E-state index in [2.05, 4.69) is 0 Å². The number of unbranched alkanes of at least 4 members (excludes halogenated alkanes) is 1. The van der Waals surface area contributed by atoms with Gasteiger partial charge in [0.2, 0.25) is 23.6 Å². The minimum atomic E-state index is -0.469. The highest BCUT2D eigenvalue weighted by Gasteiger charge is 2.21. The van der Waals surface area contributed by atoms with Crippen LogP contribution in [0, 0.1) is 6.92 Å². The fourth-order valence-corrected chi connectivity index (χ4v) is 6.61. The fraction of sp³-hybridized carbons (Fsp3) is 0.550. The van der Waals surface area contributed by atoms with Crippen LogP contribution in [0.5, 0.6) is 0 Å². The molecule has 2 aromatic rings. The van der Waals surface area contributed by atoms with Crippen LogP contribution in [0.25, 0.3) is 0 Å². The highest BCUT2D eigenvalue weighted by Crippen LogP contribution is 2.18. The largest absolute Gasteiger partial charge is 0.370 e. The summed E-state index contributed by atoms with van der Waals surface area (Å²) in [6.07, 6.45) is 15.1. The van der Waals surface area contributed by atoms with Crippen molar-refractivity contribution in [3.8, 4) is 0 Å². The second-order valence-electron chi connectivity index (χ2n) is 13.9. The summed E-state index contributed by atoms with van der Waals surface area (Å²) in [5.74, 6) is -0.858. The third kappa shape index (κ3) is 14.1. The number of likely N-dealkylation sites (tertiary alicyclic amines) is 3. The summed E-state index contributed by atoms with van der Waals surface area (Å²) in [7, 11) is 0. The first kappa shape index (κ1) is 41.7. The minimum Gasteiger partial charge on any atom is -0.370 e. The molecular formula is C40H58N6O6. The van der Waals surface area contributed by atoms with E-state index in [0.29, 0.717) is 35.1 Å². The number of aryl methyl sites for hydroxylation is 1. The van der Waals surface area contributed by atoms with Gasteiger partial charge in [0.1, 0.15) is 0 Å². The summed E-state index contributed by atoms with van der Waals surface area (Å²) in [5.41, 5.74) is 18.4. The molecule has 6 amide bonds. The molecule has 3 fully saturated rings. The zero-order valence-electron chi connectivity index (χ0n) is 30.9. The average molecular weight is 719 g/mol. The Morgan fingerprint density at radius 2 is 0.904 bits per heavy atom. The Labute approximate surface area is 308 Å². The predicted octanol–water partition coefficient (Wildman–Crippen LogP) is 4.96. The van der Waals surface area contributed by atoms with Crippen LogP contribution >= 0.6 is 0 Å². The molecule has 0 radical (unpaired) electrons. The van der Waals surface area contributed by atoms with Gasteiger partial charge >= 0.3 is 0 Å². The van der Waals surface area contributed by atoms with E-state index in [1.54, 1.807) is 42.5 Å². The summed E-state index contributed by atoms with van der Waals surface area (Å²) in [6.45, 7) is 6.98. The molecule has 5 rings (SSSR count). The Morgan fingerprint density at radius 1 is 0.500 bits per heavy atom. The van der Waals surface area contributed by atoms with Crippen molar-refractivity contribution < 1.29 is 28.8 Å². The quantitative estimate of drug-likeness (QED) is 0.307. The van der Waals surface area contributed by atoms with Crippen molar-refractivity contribution in [2.45, 2.75) is 103 Å². The van der Waals surface area contributed by atoms with Gasteiger partial charge in [-0.25, -0.2) is 0 Å². The molecule has 3 aliphatic rings. The van der Waals surface area contributed by atoms with E-state index < -0.39 is 11.8 Å². The lowest BCUT2D eigenvalue weighted by molar-refractivity contribution is -0.131. The molecule has 12 heteroatoms. The SMILES string of the molecule is Cc1cc(C(N)=O)ccc1C(=O)N1CCCCC1.NC(=O)CCCCC(=O)N1CCCCCC1.NC(=O)c1ccc(C(=O)N2CCCCCC2)cc1. The van der Waals surface area contributed by atoms with Crippen LogP contribution in [0.4, 0.5) is 0 Å². The predicted molar refractivity (Wildman–Crippen MR) is 201 cm³/mol. The van der Waals surface area contributed by atoms with Crippen LogP contribution in [0.3, 0.4) is 0 Å². The van der Waals surface area contributed by atoms with Gasteiger partial charge < -0.3 is 31.9 Å². The lowest BCUT2D eigenvalue weighted by Crippen LogP contribution is -2.36. The van der Waals surface area contributed by atoms with Crippen molar-refractivity contribution in [2.75, 3.05) is 39.3 Å². The van der Waals surface area contributed by atoms with Gasteiger partial charge in [-0.3, -0.25) is 28.8 Å². The van der Waals surface area contributed by atoms with Crippen LogP contribution in [-0.2, 0) is 9.59 Å². The van der Waals surface area contributed by atoms with Gasteiger partial charge in [0.15, 0.2) is 0 Å². The lowest BCUT2D eigenvalue weighted by Gasteiger charge is -2.27. The zero-order valence-corrected chi connectivity index (χ0v) is 30.9. The van der Waals surface area contributed by atoms with Crippen molar-refractivity contribution in [3.63, 3.8) is 0 Å². The number of nitrogens with zero attached hydrogens (tertiary/aromatic N) is 3. The first-order valence-corrected chi connectivity index (χ1v) is 18.9. The monoisotopic (exact) mass is 718 g/mol. The summed E-state index contributed by atoms with van der Waals surface area (Å²) >= 11 is 0. The van der Waals surface area contributed by atoms with Gasteiger partial charge in [0.05, 0.1) is 0 Å². The number of primary amides is 3. The maximum atomic E-state index is 12.3. The Bertz CT molecular complexity index is 1490. The Kier molecular flexibility index (Phi) is 17.8. The maximum Gasteiger partial charge on any atom is 0.254 e. The Hall–Kier alpha value is -4.74. The van der Waals surface area contributed by atoms with Gasteiger partial charge in [-0.2, -0.15) is 0 Å². The molecule has 0 spiro atoms. The van der Waals surface area contributed by atoms with Crippen LogP contribution in [0.1, 0.15) is 143 Å². The van der Waals surface area contributed by atoms with E-state index in [1.165, 1.54) is 32.1 Å². The molecule has 0 aliphatic carbocycles. The molecule has 52 heavy (non-hydrogen) atoms. The normalized spacial score (nSPS) is 16.1. The molecular weight excluding hydrogens is 660 g/mol. The summed E-state index contributed by atoms with van der Waals surface area (Å²) in [4.78, 5) is 74.6. The van der Waals surface area contributed by atoms with Crippen LogP contribution in [0.15, 0.2) is 42.5 Å². The third-order valence-corrected chi connectivity index (χ3v) is 9.72. The molecule has 6 N–H and O–H groups in total. The average Bonchev–Trinajstić information content (AvgIpc) is 3.60. The highest BCUT2D eigenvalue weighted by atomic mass is 16.2. The number of hydrogen-bond donors (Lipinski definition) is 3. The number of amides is 6. The standard InChI is InChI=1S/2C14H18N2O2.C12H22N2O2/c1-10-9-11(13(15)17)5-6-12(10)14(18)16-7-3-2-4-8-16;15-13(17)11-5-7-12(8-6-11)14(18)16-9-3-1-2-4-10-16;13-11(15)7-3-4-8-12(16)14-9-5-1-2-6-10-14/h5-6,9H,2-4,7-8H2,1H3,(H2,15,17);5-8H,1-4,9-10H2,(H2,15,17);1-10H2,(H2,13,15). The summed E-state index contributed by atoms with van der Waals surface area (Å²) < 4.78 is 0. The first-order valence-electron chi connectivity index (χ1n) is 18.9. The number of piperidine rings is 1. The molecule has 12 nitrogen and oxygen atoms in total. The van der Waals surface area contributed by atoms with Gasteiger partial charge in [-0.15, -0.1) is 0 Å². The molecule has 0 unspecified atom stereocenters. The number of carbonyl (C=O) groups excluding carboxylic acids is 6. The fourth-order valence-electron chi connectivity index (χ4n) is 6.61. The number of carbonyl (C=O) groups is 6. The van der Waals surface area contributed by atoms with E-state index in [9.17, 15) is 28.8 Å². The second kappa shape index (κ2) is 22.3. The lowest BCUT2D eigenvalue weighted by atomic mass is 10.0. The molecule has 0 saturated carbocycles. The van der Waals surface area contributed by atoms with E-state index in [4.69, 9.17) is 17.2 Å². The van der Waals surface area contributed by atoms with Gasteiger partial charge in [0.25, 0.3) is 11.8 Å². The molecule has 0 atom stereocenters. The number of benzene rings is 2. The van der Waals surface area contributed by atoms with Crippen molar-refractivity contribution in [3.05, 3.63) is 70.3 Å². The molecule has 2 aromatic carbocycles. The van der Waals surface area contributed by atoms with Crippen LogP contribution in [-0.4, -0.2) is 89.4 Å². The topological polar surface area (TPSA) is 190 Å².